The van der Waals surface area contributed by atoms with E-state index >= 15 is 4.39 Å². The van der Waals surface area contributed by atoms with Crippen LogP contribution in [0.1, 0.15) is 47.6 Å². The summed E-state index contributed by atoms with van der Waals surface area (Å²) in [5.74, 6) is -0.946. The Labute approximate surface area is 374 Å². The number of halogens is 1. The third-order valence-corrected chi connectivity index (χ3v) is 13.9. The molecular weight excluding hydrogens is 856 g/mol. The molecule has 0 bridgehead atoms. The van der Waals surface area contributed by atoms with Gasteiger partial charge in [0.1, 0.15) is 23.0 Å². The second-order valence-corrected chi connectivity index (χ2v) is 18.2. The van der Waals surface area contributed by atoms with Crippen LogP contribution in [0.2, 0.25) is 0 Å². The number of benzene rings is 3. The Morgan fingerprint density at radius 3 is 2.45 bits per heavy atom. The fraction of sp³-hybridized carbons (Fsp3) is 0.304. The summed E-state index contributed by atoms with van der Waals surface area (Å²) in [4.78, 5) is 61.7. The van der Waals surface area contributed by atoms with Gasteiger partial charge in [-0.05, 0) is 93.4 Å². The molecule has 1 aliphatic carbocycles. The van der Waals surface area contributed by atoms with Gasteiger partial charge in [-0.1, -0.05) is 18.2 Å². The summed E-state index contributed by atoms with van der Waals surface area (Å²) < 4.78 is 53.4. The van der Waals surface area contributed by atoms with Crippen molar-refractivity contribution in [1.82, 2.24) is 33.7 Å². The van der Waals surface area contributed by atoms with Crippen LogP contribution in [0.5, 0.6) is 5.75 Å². The summed E-state index contributed by atoms with van der Waals surface area (Å²) in [5.41, 5.74) is 3.34. The molecule has 3 aromatic heterocycles. The second-order valence-electron chi connectivity index (χ2n) is 16.3. The van der Waals surface area contributed by atoms with Crippen LogP contribution in [-0.2, 0) is 14.8 Å². The topological polar surface area (TPSA) is 184 Å². The predicted molar refractivity (Wildman–Crippen MR) is 242 cm³/mol. The molecule has 6 aromatic rings. The van der Waals surface area contributed by atoms with E-state index in [0.717, 1.165) is 30.0 Å². The molecule has 2 N–H and O–H groups in total. The normalized spacial score (nSPS) is 16.1. The minimum atomic E-state index is -4.05. The van der Waals surface area contributed by atoms with E-state index in [1.54, 1.807) is 48.5 Å². The summed E-state index contributed by atoms with van der Waals surface area (Å²) in [6.45, 7) is 3.89. The van der Waals surface area contributed by atoms with Crippen LogP contribution in [0.15, 0.2) is 107 Å². The number of carbonyl (C=O) groups excluding carboxylic acids is 3. The van der Waals surface area contributed by atoms with Crippen LogP contribution in [0.25, 0.3) is 16.8 Å². The second kappa shape index (κ2) is 17.9. The van der Waals surface area contributed by atoms with Gasteiger partial charge in [0.05, 0.1) is 41.2 Å². The number of fused-ring (bicyclic) bond motifs is 1. The zero-order valence-electron chi connectivity index (χ0n) is 35.8. The largest absolute Gasteiger partial charge is 0.495 e. The average Bonchev–Trinajstić information content (AvgIpc) is 4.05. The van der Waals surface area contributed by atoms with Crippen molar-refractivity contribution in [1.29, 1.82) is 0 Å². The predicted octanol–water partition coefficient (Wildman–Crippen LogP) is 5.58. The van der Waals surface area contributed by atoms with Gasteiger partial charge in [0, 0.05) is 80.5 Å². The van der Waals surface area contributed by atoms with E-state index in [4.69, 9.17) is 4.74 Å². The maximum atomic E-state index is 15.7. The van der Waals surface area contributed by atoms with E-state index in [2.05, 4.69) is 25.6 Å². The van der Waals surface area contributed by atoms with Gasteiger partial charge in [0.15, 0.2) is 0 Å². The van der Waals surface area contributed by atoms with Gasteiger partial charge < -0.3 is 19.9 Å². The number of anilines is 4. The van der Waals surface area contributed by atoms with Crippen LogP contribution in [0, 0.1) is 12.7 Å². The van der Waals surface area contributed by atoms with Crippen molar-refractivity contribution >= 4 is 56.4 Å². The van der Waals surface area contributed by atoms with Gasteiger partial charge in [0.25, 0.3) is 11.5 Å². The van der Waals surface area contributed by atoms with Crippen molar-refractivity contribution in [2.75, 3.05) is 68.0 Å². The molecule has 0 unspecified atom stereocenters. The molecule has 17 nitrogen and oxygen atoms in total. The summed E-state index contributed by atoms with van der Waals surface area (Å²) >= 11 is 0. The molecule has 1 saturated carbocycles. The molecule has 5 heterocycles. The first-order chi connectivity index (χ1) is 31.4. The van der Waals surface area contributed by atoms with Gasteiger partial charge in [-0.3, -0.25) is 33.7 Å². The maximum Gasteiger partial charge on any atom is 0.328 e. The van der Waals surface area contributed by atoms with Gasteiger partial charge in [-0.2, -0.15) is 9.40 Å². The van der Waals surface area contributed by atoms with E-state index in [1.807, 2.05) is 47.3 Å². The molecule has 19 heteroatoms. The molecule has 4 amide bonds. The third-order valence-electron chi connectivity index (χ3n) is 12.0. The van der Waals surface area contributed by atoms with Crippen molar-refractivity contribution in [2.45, 2.75) is 43.5 Å². The fourth-order valence-electron chi connectivity index (χ4n) is 8.17. The highest BCUT2D eigenvalue weighted by atomic mass is 32.2. The first-order valence-corrected chi connectivity index (χ1v) is 22.8. The number of methoxy groups -OCH3 is 1. The zero-order valence-corrected chi connectivity index (χ0v) is 36.6. The first-order valence-electron chi connectivity index (χ1n) is 21.4. The molecule has 65 heavy (non-hydrogen) atoms. The van der Waals surface area contributed by atoms with E-state index in [1.165, 1.54) is 32.8 Å². The van der Waals surface area contributed by atoms with Crippen molar-refractivity contribution in [2.24, 2.45) is 0 Å². The lowest BCUT2D eigenvalue weighted by molar-refractivity contribution is -0.120. The van der Waals surface area contributed by atoms with E-state index in [-0.39, 0.29) is 65.4 Å². The highest BCUT2D eigenvalue weighted by Crippen LogP contribution is 2.36. The van der Waals surface area contributed by atoms with E-state index in [9.17, 15) is 27.6 Å². The Balaban J connectivity index is 0.823. The highest BCUT2D eigenvalue weighted by molar-refractivity contribution is 7.89. The Kier molecular flexibility index (Phi) is 11.9. The van der Waals surface area contributed by atoms with Crippen LogP contribution in [0.3, 0.4) is 0 Å². The molecule has 3 aliphatic rings. The van der Waals surface area contributed by atoms with Crippen molar-refractivity contribution in [3.8, 4) is 16.9 Å². The number of amides is 4. The Hall–Kier alpha value is -6.96. The summed E-state index contributed by atoms with van der Waals surface area (Å²) in [5, 5.41) is 9.65. The van der Waals surface area contributed by atoms with Gasteiger partial charge >= 0.3 is 6.03 Å². The Morgan fingerprint density at radius 1 is 0.938 bits per heavy atom. The minimum Gasteiger partial charge on any atom is -0.495 e. The minimum absolute atomic E-state index is 0.0280. The smallest absolute Gasteiger partial charge is 0.328 e. The number of hydrogen-bond donors (Lipinski definition) is 2. The number of hydrogen-bond acceptors (Lipinski definition) is 11. The number of urea groups is 1. The van der Waals surface area contributed by atoms with E-state index < -0.39 is 21.9 Å². The SMILES string of the molecule is COc1ccc(C(=O)N(CCCN2CCN(S(=O)(=O)c3ccc(Nc4nc5ccc(-c6cnn(C7CC7)c6)cn5c(=O)c4C)c(F)c3)CC2)c2ccccc2)cc1N1CCC(=O)NC1=O. The molecule has 3 aromatic carbocycles. The number of piperazine rings is 1. The molecule has 0 spiro atoms. The number of para-hydroxylation sites is 1. The maximum absolute atomic E-state index is 15.7. The van der Waals surface area contributed by atoms with Crippen molar-refractivity contribution < 1.29 is 31.9 Å². The molecule has 336 valence electrons. The molecule has 0 atom stereocenters. The van der Waals surface area contributed by atoms with Crippen LogP contribution < -0.4 is 30.7 Å². The highest BCUT2D eigenvalue weighted by Gasteiger charge is 2.31. The van der Waals surface area contributed by atoms with Gasteiger partial charge in [0.2, 0.25) is 15.9 Å². The van der Waals surface area contributed by atoms with Crippen molar-refractivity contribution in [3.63, 3.8) is 0 Å². The quantitative estimate of drug-likeness (QED) is 0.139. The molecular formula is C46H47FN10O7S. The first kappa shape index (κ1) is 43.3. The number of nitrogens with zero attached hydrogens (tertiary/aromatic N) is 8. The summed E-state index contributed by atoms with van der Waals surface area (Å²) in [6, 6.07) is 21.1. The summed E-state index contributed by atoms with van der Waals surface area (Å²) in [6.07, 6.45) is 8.34. The molecule has 3 fully saturated rings. The monoisotopic (exact) mass is 902 g/mol. The lowest BCUT2D eigenvalue weighted by Crippen LogP contribution is -2.49. The van der Waals surface area contributed by atoms with Crippen molar-refractivity contribution in [3.05, 3.63) is 125 Å². The lowest BCUT2D eigenvalue weighted by atomic mass is 10.1. The molecule has 2 saturated heterocycles. The Morgan fingerprint density at radius 2 is 1.72 bits per heavy atom. The Bertz CT molecular complexity index is 2990. The standard InChI is InChI=1S/C46H47FN10O7S/c1-30-43(50-41-16-10-32(28-56(41)44(30)59)33-27-48-57(29-33)35-11-12-35)49-38-14-13-36(26-37(38)47)65(62,63)53-23-21-52(22-24-53)18-6-19-54(34-7-4-3-5-8-34)45(60)31-9-15-40(64-2)39(25-31)55-20-17-42(58)51-46(55)61/h3-5,7-10,13-16,25-29,35,49H,6,11-12,17-24H2,1-2H3,(H,51,58,61). The van der Waals surface area contributed by atoms with Gasteiger partial charge in [-0.15, -0.1) is 0 Å². The number of imide groups is 1. The number of rotatable bonds is 14. The zero-order chi connectivity index (χ0) is 45.4. The number of aromatic nitrogens is 4. The number of nitrogens with one attached hydrogen (secondary N) is 2. The molecule has 9 rings (SSSR count). The number of ether oxygens (including phenoxy) is 1. The van der Waals surface area contributed by atoms with Gasteiger partial charge in [-0.25, -0.2) is 22.6 Å². The third kappa shape index (κ3) is 8.94. The summed E-state index contributed by atoms with van der Waals surface area (Å²) in [7, 11) is -2.58. The van der Waals surface area contributed by atoms with E-state index in [0.29, 0.717) is 67.0 Å². The molecule has 0 radical (unpaired) electrons. The van der Waals surface area contributed by atoms with Crippen LogP contribution in [0.4, 0.5) is 32.1 Å². The number of sulfonamides is 1. The number of carbonyl (C=O) groups is 3. The molecule has 2 aliphatic heterocycles. The van der Waals surface area contributed by atoms with Crippen LogP contribution in [-0.4, -0.2) is 108 Å². The lowest BCUT2D eigenvalue weighted by Gasteiger charge is -2.34. The average molecular weight is 903 g/mol. The van der Waals surface area contributed by atoms with Crippen LogP contribution >= 0.6 is 0 Å². The fourth-order valence-corrected chi connectivity index (χ4v) is 9.60. The number of pyridine rings is 1.